The second-order valence-electron chi connectivity index (χ2n) is 9.04. The lowest BCUT2D eigenvalue weighted by molar-refractivity contribution is 0.230. The standard InChI is InChI=1S/C24H33N5O3S2/c25-23(26)18-7-5-10-21(17-18)29(20-8-3-1-2-4-9-20)24(30)27-19-12-14-28(15-13-19)34(31,32)22-11-6-16-33-22/h5-7,10-11,16-17,19-20H,1-4,8-9,12-15H2,(H3,25,26)(H,27,30). The average Bonchev–Trinajstić information content (AvgIpc) is 3.26. The van der Waals surface area contributed by atoms with E-state index in [0.717, 1.165) is 31.4 Å². The van der Waals surface area contributed by atoms with Crippen LogP contribution in [-0.2, 0) is 10.0 Å². The van der Waals surface area contributed by atoms with E-state index in [1.165, 1.54) is 28.5 Å². The molecule has 1 aromatic carbocycles. The van der Waals surface area contributed by atoms with Gasteiger partial charge in [-0.15, -0.1) is 11.3 Å². The van der Waals surface area contributed by atoms with Crippen LogP contribution in [0.5, 0.6) is 0 Å². The summed E-state index contributed by atoms with van der Waals surface area (Å²) >= 11 is 1.23. The third-order valence-electron chi connectivity index (χ3n) is 6.71. The Kier molecular flexibility index (Phi) is 7.90. The topological polar surface area (TPSA) is 120 Å². The molecule has 2 heterocycles. The van der Waals surface area contributed by atoms with Gasteiger partial charge in [-0.3, -0.25) is 10.3 Å². The molecule has 2 aromatic rings. The Morgan fingerprint density at radius 2 is 1.76 bits per heavy atom. The van der Waals surface area contributed by atoms with Gasteiger partial charge in [0.05, 0.1) is 0 Å². The third kappa shape index (κ3) is 5.61. The molecule has 0 radical (unpaired) electrons. The first kappa shape index (κ1) is 24.7. The number of amides is 2. The number of hydrogen-bond acceptors (Lipinski definition) is 5. The van der Waals surface area contributed by atoms with Crippen LogP contribution in [0, 0.1) is 5.41 Å². The van der Waals surface area contributed by atoms with Crippen molar-refractivity contribution >= 4 is 38.9 Å². The van der Waals surface area contributed by atoms with Crippen molar-refractivity contribution in [1.82, 2.24) is 9.62 Å². The summed E-state index contributed by atoms with van der Waals surface area (Å²) < 4.78 is 27.5. The van der Waals surface area contributed by atoms with E-state index >= 15 is 0 Å². The van der Waals surface area contributed by atoms with Crippen LogP contribution in [0.4, 0.5) is 10.5 Å². The molecule has 1 saturated heterocycles. The first-order valence-corrected chi connectivity index (χ1v) is 14.3. The normalized spacial score (nSPS) is 18.8. The van der Waals surface area contributed by atoms with Crippen molar-refractivity contribution in [2.24, 2.45) is 5.73 Å². The quantitative estimate of drug-likeness (QED) is 0.312. The lowest BCUT2D eigenvalue weighted by Gasteiger charge is -2.35. The predicted octanol–water partition coefficient (Wildman–Crippen LogP) is 4.12. The van der Waals surface area contributed by atoms with Crippen LogP contribution in [0.1, 0.15) is 56.9 Å². The minimum Gasteiger partial charge on any atom is -0.384 e. The number of nitrogens with zero attached hydrogens (tertiary/aromatic N) is 2. The smallest absolute Gasteiger partial charge is 0.322 e. The Morgan fingerprint density at radius 1 is 1.06 bits per heavy atom. The summed E-state index contributed by atoms with van der Waals surface area (Å²) in [5.74, 6) is -0.0256. The van der Waals surface area contributed by atoms with Crippen molar-refractivity contribution < 1.29 is 13.2 Å². The van der Waals surface area contributed by atoms with Gasteiger partial charge in [0.1, 0.15) is 10.0 Å². The van der Waals surface area contributed by atoms with E-state index in [9.17, 15) is 13.2 Å². The fraction of sp³-hybridized carbons (Fsp3) is 0.500. The molecule has 184 valence electrons. The molecule has 0 atom stereocenters. The number of nitrogens with one attached hydrogen (secondary N) is 2. The largest absolute Gasteiger partial charge is 0.384 e. The van der Waals surface area contributed by atoms with Gasteiger partial charge in [0, 0.05) is 36.4 Å². The fourth-order valence-electron chi connectivity index (χ4n) is 4.86. The molecule has 2 amide bonds. The maximum atomic E-state index is 13.6. The highest BCUT2D eigenvalue weighted by Gasteiger charge is 2.33. The summed E-state index contributed by atoms with van der Waals surface area (Å²) in [6.45, 7) is 0.767. The van der Waals surface area contributed by atoms with Crippen molar-refractivity contribution in [3.8, 4) is 0 Å². The van der Waals surface area contributed by atoms with E-state index in [1.54, 1.807) is 23.6 Å². The molecule has 34 heavy (non-hydrogen) atoms. The molecule has 2 fully saturated rings. The van der Waals surface area contributed by atoms with Gasteiger partial charge >= 0.3 is 6.03 Å². The Balaban J connectivity index is 1.47. The Bertz CT molecular complexity index is 1090. The Hall–Kier alpha value is -2.43. The van der Waals surface area contributed by atoms with Gasteiger partial charge in [0.25, 0.3) is 10.0 Å². The van der Waals surface area contributed by atoms with E-state index in [1.807, 2.05) is 23.1 Å². The van der Waals surface area contributed by atoms with Crippen molar-refractivity contribution in [3.05, 3.63) is 47.3 Å². The van der Waals surface area contributed by atoms with Crippen LogP contribution in [0.3, 0.4) is 0 Å². The highest BCUT2D eigenvalue weighted by molar-refractivity contribution is 7.91. The highest BCUT2D eigenvalue weighted by atomic mass is 32.2. The first-order valence-electron chi connectivity index (χ1n) is 11.9. The number of piperidine rings is 1. The van der Waals surface area contributed by atoms with Crippen LogP contribution in [-0.4, -0.2) is 49.8 Å². The second-order valence-corrected chi connectivity index (χ2v) is 12.2. The van der Waals surface area contributed by atoms with Gasteiger partial charge in [-0.05, 0) is 49.3 Å². The average molecular weight is 504 g/mol. The Labute approximate surface area is 205 Å². The number of carbonyl (C=O) groups is 1. The monoisotopic (exact) mass is 503 g/mol. The summed E-state index contributed by atoms with van der Waals surface area (Å²) in [4.78, 5) is 15.4. The molecule has 1 aliphatic heterocycles. The summed E-state index contributed by atoms with van der Waals surface area (Å²) in [6.07, 6.45) is 7.54. The van der Waals surface area contributed by atoms with Crippen molar-refractivity contribution in [3.63, 3.8) is 0 Å². The summed E-state index contributed by atoms with van der Waals surface area (Å²) in [5, 5.41) is 12.7. The van der Waals surface area contributed by atoms with Crippen LogP contribution in [0.2, 0.25) is 0 Å². The first-order chi connectivity index (χ1) is 16.4. The maximum Gasteiger partial charge on any atom is 0.322 e. The number of amidine groups is 1. The lowest BCUT2D eigenvalue weighted by atomic mass is 10.0. The molecule has 4 N–H and O–H groups in total. The third-order valence-corrected chi connectivity index (χ3v) is 9.99. The molecule has 1 aliphatic carbocycles. The highest BCUT2D eigenvalue weighted by Crippen LogP contribution is 2.29. The van der Waals surface area contributed by atoms with Crippen LogP contribution < -0.4 is 16.0 Å². The molecular formula is C24H33N5O3S2. The summed E-state index contributed by atoms with van der Waals surface area (Å²) in [7, 11) is -3.47. The molecule has 0 spiro atoms. The van der Waals surface area contributed by atoms with Crippen molar-refractivity contribution in [2.75, 3.05) is 18.0 Å². The summed E-state index contributed by atoms with van der Waals surface area (Å²) in [5.41, 5.74) is 7.04. The fourth-order valence-corrected chi connectivity index (χ4v) is 7.47. The van der Waals surface area contributed by atoms with E-state index in [2.05, 4.69) is 5.32 Å². The SMILES string of the molecule is N=C(N)c1cccc(N(C(=O)NC2CCN(S(=O)(=O)c3cccs3)CC2)C2CCCCCC2)c1. The zero-order valence-corrected chi connectivity index (χ0v) is 20.9. The second kappa shape index (κ2) is 10.9. The van der Waals surface area contributed by atoms with Gasteiger partial charge in [-0.2, -0.15) is 4.31 Å². The molecule has 2 aliphatic rings. The molecule has 0 bridgehead atoms. The molecule has 1 aromatic heterocycles. The minimum atomic E-state index is -3.47. The van der Waals surface area contributed by atoms with Crippen molar-refractivity contribution in [2.45, 2.75) is 67.7 Å². The predicted molar refractivity (Wildman–Crippen MR) is 136 cm³/mol. The van der Waals surface area contributed by atoms with Crippen molar-refractivity contribution in [1.29, 1.82) is 5.41 Å². The lowest BCUT2D eigenvalue weighted by Crippen LogP contribution is -2.52. The number of sulfonamides is 1. The van der Waals surface area contributed by atoms with Gasteiger partial charge in [0.2, 0.25) is 0 Å². The number of urea groups is 1. The van der Waals surface area contributed by atoms with Crippen LogP contribution in [0.25, 0.3) is 0 Å². The zero-order valence-electron chi connectivity index (χ0n) is 19.3. The number of rotatable bonds is 6. The Morgan fingerprint density at radius 3 is 2.38 bits per heavy atom. The number of carbonyl (C=O) groups excluding carboxylic acids is 1. The van der Waals surface area contributed by atoms with E-state index in [0.29, 0.717) is 35.7 Å². The van der Waals surface area contributed by atoms with Gasteiger partial charge in [-0.25, -0.2) is 13.2 Å². The number of anilines is 1. The van der Waals surface area contributed by atoms with E-state index in [-0.39, 0.29) is 24.0 Å². The molecule has 0 unspecified atom stereocenters. The van der Waals surface area contributed by atoms with Gasteiger partial charge < -0.3 is 11.1 Å². The van der Waals surface area contributed by atoms with Gasteiger partial charge in [-0.1, -0.05) is 43.9 Å². The maximum absolute atomic E-state index is 13.6. The van der Waals surface area contributed by atoms with E-state index < -0.39 is 10.0 Å². The van der Waals surface area contributed by atoms with Crippen LogP contribution in [0.15, 0.2) is 46.0 Å². The van der Waals surface area contributed by atoms with E-state index in [4.69, 9.17) is 11.1 Å². The molecular weight excluding hydrogens is 470 g/mol. The minimum absolute atomic E-state index is 0.0256. The number of nitrogens with two attached hydrogens (primary N) is 1. The number of hydrogen-bond donors (Lipinski definition) is 3. The van der Waals surface area contributed by atoms with Gasteiger partial charge in [0.15, 0.2) is 0 Å². The molecule has 4 rings (SSSR count). The number of thiophene rings is 1. The zero-order chi connectivity index (χ0) is 24.1. The molecule has 8 nitrogen and oxygen atoms in total. The molecule has 1 saturated carbocycles. The van der Waals surface area contributed by atoms with Crippen LogP contribution >= 0.6 is 11.3 Å². The number of benzene rings is 1. The molecule has 10 heteroatoms. The number of nitrogen functional groups attached to an aromatic ring is 1. The summed E-state index contributed by atoms with van der Waals surface area (Å²) in [6, 6.07) is 10.5.